The summed E-state index contributed by atoms with van der Waals surface area (Å²) in [5.74, 6) is -0.486. The Labute approximate surface area is 160 Å². The highest BCUT2D eigenvalue weighted by Crippen LogP contribution is 2.24. The maximum absolute atomic E-state index is 12.7. The van der Waals surface area contributed by atoms with Crippen molar-refractivity contribution in [1.29, 1.82) is 0 Å². The van der Waals surface area contributed by atoms with Gasteiger partial charge in [0.2, 0.25) is 15.9 Å². The second-order valence-electron chi connectivity index (χ2n) is 7.13. The SMILES string of the molecule is Cc1ccc(S(=O)(=O)NC(CC(C)C)C(=O)Nc2ccc(C)cc2O)cc1. The molecule has 0 aromatic heterocycles. The summed E-state index contributed by atoms with van der Waals surface area (Å²) in [7, 11) is -3.85. The first-order valence-corrected chi connectivity index (χ1v) is 10.3. The number of rotatable bonds is 7. The summed E-state index contributed by atoms with van der Waals surface area (Å²) < 4.78 is 27.8. The number of sulfonamides is 1. The van der Waals surface area contributed by atoms with Gasteiger partial charge < -0.3 is 10.4 Å². The topological polar surface area (TPSA) is 95.5 Å². The minimum absolute atomic E-state index is 0.0620. The van der Waals surface area contributed by atoms with E-state index in [1.807, 2.05) is 27.7 Å². The van der Waals surface area contributed by atoms with Gasteiger partial charge in [-0.05, 0) is 56.0 Å². The molecule has 27 heavy (non-hydrogen) atoms. The van der Waals surface area contributed by atoms with Gasteiger partial charge in [-0.15, -0.1) is 0 Å². The third-order valence-corrected chi connectivity index (χ3v) is 5.55. The van der Waals surface area contributed by atoms with Gasteiger partial charge in [0, 0.05) is 0 Å². The first-order chi connectivity index (χ1) is 12.6. The van der Waals surface area contributed by atoms with Crippen molar-refractivity contribution in [3.05, 3.63) is 53.6 Å². The van der Waals surface area contributed by atoms with E-state index >= 15 is 0 Å². The minimum Gasteiger partial charge on any atom is -0.506 e. The van der Waals surface area contributed by atoms with Crippen molar-refractivity contribution in [3.8, 4) is 5.75 Å². The molecule has 2 aromatic rings. The number of anilines is 1. The number of benzene rings is 2. The maximum Gasteiger partial charge on any atom is 0.242 e. The molecule has 0 heterocycles. The molecule has 0 aliphatic heterocycles. The highest BCUT2D eigenvalue weighted by molar-refractivity contribution is 7.89. The van der Waals surface area contributed by atoms with Crippen LogP contribution in [-0.4, -0.2) is 25.5 Å². The van der Waals surface area contributed by atoms with Crippen LogP contribution < -0.4 is 10.0 Å². The third kappa shape index (κ3) is 5.80. The minimum atomic E-state index is -3.85. The Balaban J connectivity index is 2.23. The van der Waals surface area contributed by atoms with Crippen LogP contribution in [0.4, 0.5) is 5.69 Å². The summed E-state index contributed by atoms with van der Waals surface area (Å²) >= 11 is 0. The van der Waals surface area contributed by atoms with Gasteiger partial charge in [0.1, 0.15) is 11.8 Å². The first-order valence-electron chi connectivity index (χ1n) is 8.78. The predicted octanol–water partition coefficient (Wildman–Crippen LogP) is 3.34. The van der Waals surface area contributed by atoms with E-state index in [9.17, 15) is 18.3 Å². The predicted molar refractivity (Wildman–Crippen MR) is 106 cm³/mol. The van der Waals surface area contributed by atoms with Crippen LogP contribution in [0.1, 0.15) is 31.4 Å². The van der Waals surface area contributed by atoms with E-state index in [4.69, 9.17) is 0 Å². The standard InChI is InChI=1S/C20H26N2O4S/c1-13(2)11-18(20(24)21-17-10-7-15(4)12-19(17)23)22-27(25,26)16-8-5-14(3)6-9-16/h5-10,12-13,18,22-23H,11H2,1-4H3,(H,21,24). The Bertz CT molecular complexity index is 906. The van der Waals surface area contributed by atoms with Crippen LogP contribution in [0.2, 0.25) is 0 Å². The molecular weight excluding hydrogens is 364 g/mol. The summed E-state index contributed by atoms with van der Waals surface area (Å²) in [5, 5.41) is 12.6. The van der Waals surface area contributed by atoms with Crippen LogP contribution in [0.15, 0.2) is 47.4 Å². The van der Waals surface area contributed by atoms with E-state index in [1.165, 1.54) is 18.2 Å². The Hall–Kier alpha value is -2.38. The van der Waals surface area contributed by atoms with Gasteiger partial charge in [-0.1, -0.05) is 37.6 Å². The number of aryl methyl sites for hydroxylation is 2. The summed E-state index contributed by atoms with van der Waals surface area (Å²) in [6.45, 7) is 7.50. The lowest BCUT2D eigenvalue weighted by Crippen LogP contribution is -2.44. The second kappa shape index (κ2) is 8.54. The normalized spacial score (nSPS) is 12.8. The number of carbonyl (C=O) groups excluding carboxylic acids is 1. The van der Waals surface area contributed by atoms with Crippen molar-refractivity contribution >= 4 is 21.6 Å². The molecule has 0 radical (unpaired) electrons. The highest BCUT2D eigenvalue weighted by atomic mass is 32.2. The van der Waals surface area contributed by atoms with E-state index in [0.29, 0.717) is 6.42 Å². The van der Waals surface area contributed by atoms with Gasteiger partial charge in [-0.25, -0.2) is 8.42 Å². The molecular formula is C20H26N2O4S. The van der Waals surface area contributed by atoms with Crippen LogP contribution >= 0.6 is 0 Å². The molecule has 1 atom stereocenters. The van der Waals surface area contributed by atoms with Gasteiger partial charge in [0.25, 0.3) is 0 Å². The molecule has 0 saturated carbocycles. The van der Waals surface area contributed by atoms with Crippen LogP contribution in [0, 0.1) is 19.8 Å². The zero-order chi connectivity index (χ0) is 20.2. The van der Waals surface area contributed by atoms with Crippen molar-refractivity contribution in [2.75, 3.05) is 5.32 Å². The number of carbonyl (C=O) groups is 1. The van der Waals surface area contributed by atoms with Gasteiger partial charge in [0.05, 0.1) is 10.6 Å². The van der Waals surface area contributed by atoms with Crippen LogP contribution in [-0.2, 0) is 14.8 Å². The quantitative estimate of drug-likeness (QED) is 0.632. The van der Waals surface area contributed by atoms with Crippen LogP contribution in [0.5, 0.6) is 5.75 Å². The molecule has 3 N–H and O–H groups in total. The van der Waals surface area contributed by atoms with Crippen molar-refractivity contribution < 1.29 is 18.3 Å². The Morgan fingerprint density at radius 3 is 2.19 bits per heavy atom. The van der Waals surface area contributed by atoms with E-state index in [2.05, 4.69) is 10.0 Å². The molecule has 7 heteroatoms. The molecule has 2 aromatic carbocycles. The molecule has 0 bridgehead atoms. The summed E-state index contributed by atoms with van der Waals surface area (Å²) in [4.78, 5) is 12.8. The van der Waals surface area contributed by atoms with Crippen molar-refractivity contribution in [3.63, 3.8) is 0 Å². The first kappa shape index (κ1) is 20.9. The van der Waals surface area contributed by atoms with Crippen LogP contribution in [0.3, 0.4) is 0 Å². The van der Waals surface area contributed by atoms with Crippen molar-refractivity contribution in [1.82, 2.24) is 4.72 Å². The van der Waals surface area contributed by atoms with E-state index < -0.39 is 22.0 Å². The lowest BCUT2D eigenvalue weighted by Gasteiger charge is -2.20. The number of hydrogen-bond donors (Lipinski definition) is 3. The molecule has 0 aliphatic rings. The van der Waals surface area contributed by atoms with Crippen LogP contribution in [0.25, 0.3) is 0 Å². The molecule has 0 saturated heterocycles. The molecule has 146 valence electrons. The fourth-order valence-electron chi connectivity index (χ4n) is 2.62. The van der Waals surface area contributed by atoms with E-state index in [-0.39, 0.29) is 22.3 Å². The highest BCUT2D eigenvalue weighted by Gasteiger charge is 2.27. The maximum atomic E-state index is 12.7. The Kier molecular flexibility index (Phi) is 6.62. The lowest BCUT2D eigenvalue weighted by atomic mass is 10.0. The molecule has 0 fully saturated rings. The number of nitrogens with one attached hydrogen (secondary N) is 2. The zero-order valence-electron chi connectivity index (χ0n) is 16.0. The Morgan fingerprint density at radius 1 is 1.04 bits per heavy atom. The average molecular weight is 391 g/mol. The lowest BCUT2D eigenvalue weighted by molar-refractivity contribution is -0.118. The Morgan fingerprint density at radius 2 is 1.63 bits per heavy atom. The molecule has 1 unspecified atom stereocenters. The number of aromatic hydroxyl groups is 1. The van der Waals surface area contributed by atoms with E-state index in [1.54, 1.807) is 24.3 Å². The number of phenolic OH excluding ortho intramolecular Hbond substituents is 1. The fraction of sp³-hybridized carbons (Fsp3) is 0.350. The van der Waals surface area contributed by atoms with Gasteiger partial charge in [-0.2, -0.15) is 4.72 Å². The summed E-state index contributed by atoms with van der Waals surface area (Å²) in [6.07, 6.45) is 0.323. The van der Waals surface area contributed by atoms with E-state index in [0.717, 1.165) is 11.1 Å². The third-order valence-electron chi connectivity index (χ3n) is 4.06. The molecule has 2 rings (SSSR count). The second-order valence-corrected chi connectivity index (χ2v) is 8.84. The number of hydrogen-bond acceptors (Lipinski definition) is 4. The molecule has 6 nitrogen and oxygen atoms in total. The molecule has 0 spiro atoms. The summed E-state index contributed by atoms with van der Waals surface area (Å²) in [5.41, 5.74) is 2.04. The zero-order valence-corrected chi connectivity index (χ0v) is 16.8. The van der Waals surface area contributed by atoms with Gasteiger partial charge in [-0.3, -0.25) is 4.79 Å². The smallest absolute Gasteiger partial charge is 0.242 e. The van der Waals surface area contributed by atoms with Crippen molar-refractivity contribution in [2.45, 2.75) is 45.1 Å². The van der Waals surface area contributed by atoms with Crippen molar-refractivity contribution in [2.24, 2.45) is 5.92 Å². The average Bonchev–Trinajstić information content (AvgIpc) is 2.56. The summed E-state index contributed by atoms with van der Waals surface area (Å²) in [6, 6.07) is 10.3. The number of amides is 1. The fourth-order valence-corrected chi connectivity index (χ4v) is 3.83. The van der Waals surface area contributed by atoms with Gasteiger partial charge >= 0.3 is 0 Å². The van der Waals surface area contributed by atoms with Gasteiger partial charge in [0.15, 0.2) is 0 Å². The monoisotopic (exact) mass is 390 g/mol. The number of phenols is 1. The molecule has 1 amide bonds. The molecule has 0 aliphatic carbocycles. The largest absolute Gasteiger partial charge is 0.506 e.